The van der Waals surface area contributed by atoms with Crippen LogP contribution in [-0.4, -0.2) is 10.8 Å². The first-order valence-corrected chi connectivity index (χ1v) is 6.19. The summed E-state index contributed by atoms with van der Waals surface area (Å²) in [5.41, 5.74) is 0.587. The third kappa shape index (κ3) is 2.70. The average Bonchev–Trinajstić information content (AvgIpc) is 2.75. The Morgan fingerprint density at radius 3 is 2.59 bits per heavy atom. The molecule has 0 bridgehead atoms. The number of aryl methyl sites for hydroxylation is 1. The number of halogens is 2. The average molecular weight is 270 g/mol. The number of thiazole rings is 1. The summed E-state index contributed by atoms with van der Waals surface area (Å²) in [4.78, 5) is 16.5. The van der Waals surface area contributed by atoms with Gasteiger partial charge in [0.25, 0.3) is 0 Å². The quantitative estimate of drug-likeness (QED) is 0.627. The number of ketones is 1. The van der Waals surface area contributed by atoms with E-state index < -0.39 is 5.38 Å². The zero-order valence-corrected chi connectivity index (χ0v) is 10.6. The first kappa shape index (κ1) is 12.2. The monoisotopic (exact) mass is 269 g/mol. The van der Waals surface area contributed by atoms with Crippen LogP contribution in [0.15, 0.2) is 30.5 Å². The Morgan fingerprint density at radius 1 is 1.41 bits per heavy atom. The van der Waals surface area contributed by atoms with Crippen molar-refractivity contribution in [3.05, 3.63) is 51.7 Å². The van der Waals surface area contributed by atoms with Crippen LogP contribution in [0.1, 0.15) is 25.6 Å². The van der Waals surface area contributed by atoms with Crippen molar-refractivity contribution in [2.75, 3.05) is 0 Å². The van der Waals surface area contributed by atoms with Crippen molar-refractivity contribution in [1.29, 1.82) is 0 Å². The smallest absolute Gasteiger partial charge is 0.196 e. The fourth-order valence-electron chi connectivity index (χ4n) is 1.38. The molecule has 0 radical (unpaired) electrons. The molecule has 0 saturated heterocycles. The molecule has 0 spiro atoms. The normalized spacial score (nSPS) is 12.4. The van der Waals surface area contributed by atoms with E-state index in [9.17, 15) is 9.18 Å². The molecule has 88 valence electrons. The van der Waals surface area contributed by atoms with E-state index in [-0.39, 0.29) is 11.6 Å². The Morgan fingerprint density at radius 2 is 2.06 bits per heavy atom. The van der Waals surface area contributed by atoms with Crippen molar-refractivity contribution in [3.63, 3.8) is 0 Å². The summed E-state index contributed by atoms with van der Waals surface area (Å²) in [5.74, 6) is -0.553. The highest BCUT2D eigenvalue weighted by Gasteiger charge is 2.21. The lowest BCUT2D eigenvalue weighted by atomic mass is 10.1. The Hall–Kier alpha value is -1.26. The van der Waals surface area contributed by atoms with Crippen LogP contribution in [0.5, 0.6) is 0 Å². The molecule has 5 heteroatoms. The van der Waals surface area contributed by atoms with Crippen LogP contribution in [0, 0.1) is 12.7 Å². The first-order chi connectivity index (χ1) is 8.08. The van der Waals surface area contributed by atoms with Crippen molar-refractivity contribution >= 4 is 28.7 Å². The van der Waals surface area contributed by atoms with E-state index in [4.69, 9.17) is 11.6 Å². The Labute approximate surface area is 107 Å². The minimum Gasteiger partial charge on any atom is -0.291 e. The number of aromatic nitrogens is 1. The van der Waals surface area contributed by atoms with Gasteiger partial charge in [-0.15, -0.1) is 22.9 Å². The Balaban J connectivity index is 2.23. The molecule has 0 aliphatic heterocycles. The zero-order valence-electron chi connectivity index (χ0n) is 8.98. The van der Waals surface area contributed by atoms with Gasteiger partial charge in [0.2, 0.25) is 0 Å². The fraction of sp³-hybridized carbons (Fsp3) is 0.167. The summed E-state index contributed by atoms with van der Waals surface area (Å²) in [7, 11) is 0. The van der Waals surface area contributed by atoms with Gasteiger partial charge < -0.3 is 0 Å². The summed E-state index contributed by atoms with van der Waals surface area (Å²) in [6, 6.07) is 5.60. The van der Waals surface area contributed by atoms with E-state index in [1.807, 2.05) is 6.92 Å². The van der Waals surface area contributed by atoms with Gasteiger partial charge in [-0.25, -0.2) is 9.37 Å². The molecule has 1 atom stereocenters. The molecule has 17 heavy (non-hydrogen) atoms. The topological polar surface area (TPSA) is 30.0 Å². The molecule has 1 heterocycles. The molecule has 2 aromatic rings. The second kappa shape index (κ2) is 4.94. The Bertz CT molecular complexity index is 538. The van der Waals surface area contributed by atoms with Crippen LogP contribution < -0.4 is 0 Å². The number of nitrogens with zero attached hydrogens (tertiary/aromatic N) is 1. The molecule has 2 rings (SSSR count). The fourth-order valence-corrected chi connectivity index (χ4v) is 2.46. The Kier molecular flexibility index (Phi) is 3.54. The van der Waals surface area contributed by atoms with Crippen molar-refractivity contribution in [2.24, 2.45) is 0 Å². The molecule has 0 amide bonds. The van der Waals surface area contributed by atoms with Gasteiger partial charge in [0.15, 0.2) is 5.78 Å². The van der Waals surface area contributed by atoms with Crippen LogP contribution >= 0.6 is 22.9 Å². The van der Waals surface area contributed by atoms with Crippen molar-refractivity contribution in [2.45, 2.75) is 12.3 Å². The third-order valence-electron chi connectivity index (χ3n) is 2.26. The van der Waals surface area contributed by atoms with E-state index in [0.29, 0.717) is 10.4 Å². The molecular weight excluding hydrogens is 261 g/mol. The molecule has 2 nitrogen and oxygen atoms in total. The van der Waals surface area contributed by atoms with Gasteiger partial charge >= 0.3 is 0 Å². The molecule has 0 fully saturated rings. The summed E-state index contributed by atoms with van der Waals surface area (Å²) in [5, 5.41) is 0.0202. The number of Topliss-reactive ketones (excluding diaryl/α,β-unsaturated/α-hetero) is 1. The van der Waals surface area contributed by atoms with Gasteiger partial charge in [-0.2, -0.15) is 0 Å². The molecule has 1 unspecified atom stereocenters. The predicted molar refractivity (Wildman–Crippen MR) is 66.2 cm³/mol. The number of rotatable bonds is 3. The van der Waals surface area contributed by atoms with Crippen LogP contribution in [-0.2, 0) is 0 Å². The lowest BCUT2D eigenvalue weighted by molar-refractivity contribution is 0.0991. The second-order valence-electron chi connectivity index (χ2n) is 3.52. The highest BCUT2D eigenvalue weighted by atomic mass is 35.5. The van der Waals surface area contributed by atoms with Gasteiger partial charge in [0, 0.05) is 6.20 Å². The van der Waals surface area contributed by atoms with Crippen LogP contribution in [0.4, 0.5) is 4.39 Å². The molecular formula is C12H9ClFNOS. The van der Waals surface area contributed by atoms with E-state index in [0.717, 1.165) is 5.01 Å². The largest absolute Gasteiger partial charge is 0.291 e. The molecule has 0 aliphatic carbocycles. The second-order valence-corrected chi connectivity index (χ2v) is 5.19. The lowest BCUT2D eigenvalue weighted by Crippen LogP contribution is -2.05. The number of hydrogen-bond donors (Lipinski definition) is 0. The SMILES string of the molecule is Cc1ncc(C(=O)C(Cl)c2ccc(F)cc2)s1. The van der Waals surface area contributed by atoms with Crippen LogP contribution in [0.3, 0.4) is 0 Å². The number of carbonyl (C=O) groups is 1. The highest BCUT2D eigenvalue weighted by Crippen LogP contribution is 2.27. The van der Waals surface area contributed by atoms with Gasteiger partial charge in [-0.05, 0) is 24.6 Å². The van der Waals surface area contributed by atoms with Gasteiger partial charge in [-0.1, -0.05) is 12.1 Å². The van der Waals surface area contributed by atoms with Crippen LogP contribution in [0.25, 0.3) is 0 Å². The summed E-state index contributed by atoms with van der Waals surface area (Å²) >= 11 is 7.36. The molecule has 0 N–H and O–H groups in total. The van der Waals surface area contributed by atoms with E-state index in [1.54, 1.807) is 0 Å². The van der Waals surface area contributed by atoms with Gasteiger partial charge in [0.05, 0.1) is 9.88 Å². The number of benzene rings is 1. The van der Waals surface area contributed by atoms with Crippen molar-refractivity contribution < 1.29 is 9.18 Å². The van der Waals surface area contributed by atoms with Gasteiger partial charge in [-0.3, -0.25) is 4.79 Å². The maximum atomic E-state index is 12.7. The first-order valence-electron chi connectivity index (χ1n) is 4.94. The van der Waals surface area contributed by atoms with Gasteiger partial charge in [0.1, 0.15) is 11.2 Å². The summed E-state index contributed by atoms with van der Waals surface area (Å²) < 4.78 is 12.7. The van der Waals surface area contributed by atoms with E-state index >= 15 is 0 Å². The number of carbonyl (C=O) groups excluding carboxylic acids is 1. The molecule has 0 saturated carbocycles. The number of alkyl halides is 1. The maximum absolute atomic E-state index is 12.7. The van der Waals surface area contributed by atoms with Crippen molar-refractivity contribution in [1.82, 2.24) is 4.98 Å². The predicted octanol–water partition coefficient (Wildman–Crippen LogP) is 3.75. The van der Waals surface area contributed by atoms with E-state index in [2.05, 4.69) is 4.98 Å². The standard InChI is InChI=1S/C12H9ClFNOS/c1-7-15-6-10(17-7)12(16)11(13)8-2-4-9(14)5-3-8/h2-6,11H,1H3. The summed E-state index contributed by atoms with van der Waals surface area (Å²) in [6.45, 7) is 1.82. The molecule has 0 aliphatic rings. The lowest BCUT2D eigenvalue weighted by Gasteiger charge is -2.06. The minimum absolute atomic E-state index is 0.205. The van der Waals surface area contributed by atoms with E-state index in [1.165, 1.54) is 41.8 Å². The third-order valence-corrected chi connectivity index (χ3v) is 3.63. The van der Waals surface area contributed by atoms with Crippen molar-refractivity contribution in [3.8, 4) is 0 Å². The summed E-state index contributed by atoms with van der Waals surface area (Å²) in [6.07, 6.45) is 1.52. The highest BCUT2D eigenvalue weighted by molar-refractivity contribution is 7.13. The van der Waals surface area contributed by atoms with Crippen LogP contribution in [0.2, 0.25) is 0 Å². The number of hydrogen-bond acceptors (Lipinski definition) is 3. The minimum atomic E-state index is -0.796. The molecule has 1 aromatic carbocycles. The molecule has 1 aromatic heterocycles. The zero-order chi connectivity index (χ0) is 12.4. The maximum Gasteiger partial charge on any atom is 0.196 e.